The zero-order valence-corrected chi connectivity index (χ0v) is 24.5. The Labute approximate surface area is 250 Å². The van der Waals surface area contributed by atoms with Gasteiger partial charge in [0, 0.05) is 55.1 Å². The largest absolute Gasteiger partial charge is 0.463 e. The van der Waals surface area contributed by atoms with Crippen LogP contribution in [0.15, 0.2) is 43.0 Å². The molecule has 0 bridgehead atoms. The second-order valence-corrected chi connectivity index (χ2v) is 11.4. The number of pyridine rings is 1. The van der Waals surface area contributed by atoms with Crippen LogP contribution in [-0.2, 0) is 22.5 Å². The molecule has 1 saturated carbocycles. The molecule has 3 aliphatic rings. The minimum atomic E-state index is -1.02. The molecule has 11 heteroatoms. The minimum Gasteiger partial charge on any atom is -0.463 e. The van der Waals surface area contributed by atoms with E-state index in [9.17, 15) is 14.4 Å². The maximum atomic E-state index is 13.8. The third-order valence-corrected chi connectivity index (χ3v) is 8.33. The summed E-state index contributed by atoms with van der Waals surface area (Å²) in [4.78, 5) is 32.5. The molecule has 10 nitrogen and oxygen atoms in total. The first-order valence-electron chi connectivity index (χ1n) is 14.9. The molecule has 2 fully saturated rings. The van der Waals surface area contributed by atoms with Gasteiger partial charge in [-0.05, 0) is 31.7 Å². The van der Waals surface area contributed by atoms with Crippen molar-refractivity contribution < 1.29 is 18.7 Å². The van der Waals surface area contributed by atoms with Crippen LogP contribution in [0.1, 0.15) is 42.5 Å². The van der Waals surface area contributed by atoms with E-state index in [1.165, 1.54) is 15.8 Å². The van der Waals surface area contributed by atoms with Crippen LogP contribution in [0.5, 0.6) is 6.01 Å². The lowest BCUT2D eigenvalue weighted by Crippen LogP contribution is -2.55. The lowest BCUT2D eigenvalue weighted by Gasteiger charge is -2.42. The molecule has 1 saturated heterocycles. The molecule has 0 unspecified atom stereocenters. The summed E-state index contributed by atoms with van der Waals surface area (Å²) in [5.41, 5.74) is 4.15. The van der Waals surface area contributed by atoms with Crippen molar-refractivity contribution in [3.63, 3.8) is 0 Å². The Morgan fingerprint density at radius 2 is 2.02 bits per heavy atom. The number of carbonyl (C=O) groups excluding carboxylic acids is 1. The summed E-state index contributed by atoms with van der Waals surface area (Å²) in [5, 5.41) is 11.7. The normalized spacial score (nSPS) is 18.3. The Balaban J connectivity index is 1.29. The van der Waals surface area contributed by atoms with Crippen LogP contribution in [0.3, 0.4) is 0 Å². The Kier molecular flexibility index (Phi) is 8.38. The highest BCUT2D eigenvalue weighted by atomic mass is 19.1. The van der Waals surface area contributed by atoms with E-state index < -0.39 is 17.8 Å². The second kappa shape index (κ2) is 12.5. The van der Waals surface area contributed by atoms with Gasteiger partial charge in [-0.2, -0.15) is 15.2 Å². The van der Waals surface area contributed by atoms with Crippen molar-refractivity contribution in [1.29, 1.82) is 5.26 Å². The van der Waals surface area contributed by atoms with Crippen molar-refractivity contribution >= 4 is 28.2 Å². The van der Waals surface area contributed by atoms with E-state index in [4.69, 9.17) is 19.4 Å². The van der Waals surface area contributed by atoms with Crippen molar-refractivity contribution in [1.82, 2.24) is 19.9 Å². The van der Waals surface area contributed by atoms with Gasteiger partial charge >= 0.3 is 6.01 Å². The maximum absolute atomic E-state index is 13.8. The van der Waals surface area contributed by atoms with Gasteiger partial charge in [0.2, 0.25) is 0 Å². The molecule has 6 rings (SSSR count). The topological polar surface area (TPSA) is 108 Å². The van der Waals surface area contributed by atoms with E-state index >= 15 is 0 Å². The second-order valence-electron chi connectivity index (χ2n) is 11.4. The number of aromatic nitrogens is 3. The van der Waals surface area contributed by atoms with Crippen LogP contribution in [-0.4, -0.2) is 77.3 Å². The summed E-state index contributed by atoms with van der Waals surface area (Å²) in [7, 11) is 0. The van der Waals surface area contributed by atoms with E-state index in [1.807, 2.05) is 18.5 Å². The number of anilines is 2. The van der Waals surface area contributed by atoms with Crippen LogP contribution >= 0.6 is 0 Å². The number of halogens is 1. The number of piperazine rings is 1. The number of benzene rings is 1. The van der Waals surface area contributed by atoms with Gasteiger partial charge in [0.15, 0.2) is 5.83 Å². The average molecular weight is 586 g/mol. The molecule has 0 N–H and O–H groups in total. The molecular formula is C32H36FN7O3. The van der Waals surface area contributed by atoms with Gasteiger partial charge < -0.3 is 24.2 Å². The van der Waals surface area contributed by atoms with Gasteiger partial charge in [-0.3, -0.25) is 9.78 Å². The SMILES string of the molecule is C=C(F)C(=O)N1CCN(c2nc(OCCCOC3CC3)nc3c2CCN(c2cncc4cccc(C)c24)C3)C[C@@H]1CC#N. The predicted molar refractivity (Wildman–Crippen MR) is 161 cm³/mol. The third kappa shape index (κ3) is 6.25. The Morgan fingerprint density at radius 3 is 2.81 bits per heavy atom. The zero-order chi connectivity index (χ0) is 29.9. The number of ether oxygens (including phenoxy) is 2. The van der Waals surface area contributed by atoms with E-state index in [1.54, 1.807) is 0 Å². The lowest BCUT2D eigenvalue weighted by molar-refractivity contribution is -0.131. The number of carbonyl (C=O) groups is 1. The first-order chi connectivity index (χ1) is 20.9. The molecule has 43 heavy (non-hydrogen) atoms. The number of fused-ring (bicyclic) bond motifs is 2. The van der Waals surface area contributed by atoms with Crippen molar-refractivity contribution in [3.05, 3.63) is 59.8 Å². The first-order valence-corrected chi connectivity index (χ1v) is 14.9. The first kappa shape index (κ1) is 28.8. The number of aryl methyl sites for hydroxylation is 1. The van der Waals surface area contributed by atoms with Gasteiger partial charge in [-0.1, -0.05) is 24.8 Å². The summed E-state index contributed by atoms with van der Waals surface area (Å²) < 4.78 is 25.6. The molecule has 1 aromatic carbocycles. The number of amides is 1. The fraction of sp³-hybridized carbons (Fsp3) is 0.469. The minimum absolute atomic E-state index is 0.0777. The molecule has 2 aromatic heterocycles. The molecule has 1 atom stereocenters. The summed E-state index contributed by atoms with van der Waals surface area (Å²) >= 11 is 0. The molecule has 0 radical (unpaired) electrons. The van der Waals surface area contributed by atoms with Crippen LogP contribution in [0.4, 0.5) is 15.9 Å². The van der Waals surface area contributed by atoms with Gasteiger partial charge in [0.25, 0.3) is 5.91 Å². The Hall–Kier alpha value is -4.30. The fourth-order valence-electron chi connectivity index (χ4n) is 6.02. The standard InChI is InChI=1S/C32H36FN7O3/c1-21-5-3-6-23-17-35-18-28(29(21)23)38-12-10-26-27(20-38)36-32(43-16-4-15-42-25-7-8-25)37-30(26)39-13-14-40(31(41)22(2)33)24(19-39)9-11-34/h3,5-6,17-18,24-25H,2,4,7-10,12-16,19-20H2,1H3/t24-/m0/s1. The molecule has 224 valence electrons. The number of nitrogens with zero attached hydrogens (tertiary/aromatic N) is 7. The molecule has 2 aliphatic heterocycles. The Bertz CT molecular complexity index is 1570. The van der Waals surface area contributed by atoms with Gasteiger partial charge in [-0.15, -0.1) is 0 Å². The average Bonchev–Trinajstić information content (AvgIpc) is 3.84. The summed E-state index contributed by atoms with van der Waals surface area (Å²) in [6.07, 6.45) is 7.98. The highest BCUT2D eigenvalue weighted by Gasteiger charge is 2.35. The summed E-state index contributed by atoms with van der Waals surface area (Å²) in [6, 6.07) is 8.19. The zero-order valence-electron chi connectivity index (χ0n) is 24.5. The van der Waals surface area contributed by atoms with Crippen LogP contribution in [0.2, 0.25) is 0 Å². The molecule has 1 aliphatic carbocycles. The number of rotatable bonds is 10. The summed E-state index contributed by atoms with van der Waals surface area (Å²) in [5.74, 6) is -1.04. The highest BCUT2D eigenvalue weighted by molar-refractivity contribution is 5.96. The smallest absolute Gasteiger partial charge is 0.318 e. The van der Waals surface area contributed by atoms with Gasteiger partial charge in [0.1, 0.15) is 5.82 Å². The van der Waals surface area contributed by atoms with Crippen LogP contribution in [0, 0.1) is 18.3 Å². The van der Waals surface area contributed by atoms with Crippen LogP contribution in [0.25, 0.3) is 10.8 Å². The van der Waals surface area contributed by atoms with Crippen molar-refractivity contribution in [2.75, 3.05) is 49.2 Å². The highest BCUT2D eigenvalue weighted by Crippen LogP contribution is 2.35. The molecule has 4 heterocycles. The van der Waals surface area contributed by atoms with E-state index in [2.05, 4.69) is 46.5 Å². The van der Waals surface area contributed by atoms with E-state index in [0.29, 0.717) is 51.4 Å². The quantitative estimate of drug-likeness (QED) is 0.255. The number of hydrogen-bond donors (Lipinski definition) is 0. The van der Waals surface area contributed by atoms with Crippen molar-refractivity contribution in [2.24, 2.45) is 0 Å². The third-order valence-electron chi connectivity index (χ3n) is 8.33. The monoisotopic (exact) mass is 585 g/mol. The predicted octanol–water partition coefficient (Wildman–Crippen LogP) is 4.26. The molecule has 1 amide bonds. The summed E-state index contributed by atoms with van der Waals surface area (Å²) in [6.45, 7) is 8.70. The number of hydrogen-bond acceptors (Lipinski definition) is 9. The van der Waals surface area contributed by atoms with Crippen LogP contribution < -0.4 is 14.5 Å². The van der Waals surface area contributed by atoms with Crippen molar-refractivity contribution in [3.8, 4) is 12.1 Å². The molecule has 0 spiro atoms. The Morgan fingerprint density at radius 1 is 1.16 bits per heavy atom. The molecule has 3 aromatic rings. The fourth-order valence-corrected chi connectivity index (χ4v) is 6.02. The van der Waals surface area contributed by atoms with Crippen molar-refractivity contribution in [2.45, 2.75) is 57.7 Å². The van der Waals surface area contributed by atoms with Gasteiger partial charge in [0.05, 0.1) is 62.0 Å². The van der Waals surface area contributed by atoms with E-state index in [0.717, 1.165) is 54.0 Å². The number of nitriles is 1. The molecular weight excluding hydrogens is 549 g/mol. The van der Waals surface area contributed by atoms with Gasteiger partial charge in [-0.25, -0.2) is 4.39 Å². The van der Waals surface area contributed by atoms with E-state index in [-0.39, 0.29) is 13.0 Å². The maximum Gasteiger partial charge on any atom is 0.318 e. The lowest BCUT2D eigenvalue weighted by atomic mass is 10.0.